The molecule has 3 nitrogen and oxygen atoms in total. The van der Waals surface area contributed by atoms with Crippen LogP contribution in [0.4, 0.5) is 0 Å². The summed E-state index contributed by atoms with van der Waals surface area (Å²) in [7, 11) is 1.59. The van der Waals surface area contributed by atoms with E-state index in [0.29, 0.717) is 17.9 Å². The Labute approximate surface area is 118 Å². The molecule has 0 aliphatic carbocycles. The Bertz CT molecular complexity index is 540. The number of hydrogen-bond acceptors (Lipinski definition) is 3. The Morgan fingerprint density at radius 1 is 1.44 bits per heavy atom. The highest BCUT2D eigenvalue weighted by Gasteiger charge is 2.08. The molecule has 2 aromatic rings. The standard InChI is InChI=1S/C13H12BrNO2S/c1-17-12-5-4-9(7-11(12)14)13(16)15-8-10-3-2-6-18-10/h2-7H,8H2,1H3,(H,15,16). The summed E-state index contributed by atoms with van der Waals surface area (Å²) in [5.74, 6) is 0.622. The van der Waals surface area contributed by atoms with Crippen LogP contribution in [0.15, 0.2) is 40.2 Å². The van der Waals surface area contributed by atoms with E-state index < -0.39 is 0 Å². The quantitative estimate of drug-likeness (QED) is 0.935. The van der Waals surface area contributed by atoms with Crippen LogP contribution in [0.3, 0.4) is 0 Å². The van der Waals surface area contributed by atoms with Gasteiger partial charge in [0.05, 0.1) is 18.1 Å². The second kappa shape index (κ2) is 6.02. The number of rotatable bonds is 4. The van der Waals surface area contributed by atoms with Crippen LogP contribution in [-0.2, 0) is 6.54 Å². The van der Waals surface area contributed by atoms with Gasteiger partial charge in [0, 0.05) is 10.4 Å². The molecule has 0 atom stereocenters. The highest BCUT2D eigenvalue weighted by Crippen LogP contribution is 2.25. The molecule has 0 fully saturated rings. The van der Waals surface area contributed by atoms with Crippen LogP contribution < -0.4 is 10.1 Å². The summed E-state index contributed by atoms with van der Waals surface area (Å²) in [5.41, 5.74) is 0.610. The van der Waals surface area contributed by atoms with Gasteiger partial charge in [-0.2, -0.15) is 0 Å². The number of ether oxygens (including phenoxy) is 1. The van der Waals surface area contributed by atoms with Gasteiger partial charge >= 0.3 is 0 Å². The molecule has 0 spiro atoms. The van der Waals surface area contributed by atoms with Crippen molar-refractivity contribution in [1.82, 2.24) is 5.32 Å². The number of hydrogen-bond donors (Lipinski definition) is 1. The third-order valence-corrected chi connectivity index (χ3v) is 3.91. The lowest BCUT2D eigenvalue weighted by Gasteiger charge is -2.07. The van der Waals surface area contributed by atoms with Crippen LogP contribution in [0.5, 0.6) is 5.75 Å². The van der Waals surface area contributed by atoms with E-state index in [0.717, 1.165) is 9.35 Å². The van der Waals surface area contributed by atoms with Gasteiger partial charge in [-0.3, -0.25) is 4.79 Å². The van der Waals surface area contributed by atoms with Crippen molar-refractivity contribution in [3.8, 4) is 5.75 Å². The Morgan fingerprint density at radius 3 is 2.89 bits per heavy atom. The van der Waals surface area contributed by atoms with Gasteiger partial charge in [-0.1, -0.05) is 6.07 Å². The molecule has 2 rings (SSSR count). The number of carbonyl (C=O) groups is 1. The lowest BCUT2D eigenvalue weighted by Crippen LogP contribution is -2.22. The first-order valence-electron chi connectivity index (χ1n) is 5.35. The molecule has 18 heavy (non-hydrogen) atoms. The molecule has 1 N–H and O–H groups in total. The van der Waals surface area contributed by atoms with Gasteiger partial charge in [0.1, 0.15) is 5.75 Å². The van der Waals surface area contributed by atoms with Crippen LogP contribution in [0.25, 0.3) is 0 Å². The van der Waals surface area contributed by atoms with E-state index >= 15 is 0 Å². The Morgan fingerprint density at radius 2 is 2.28 bits per heavy atom. The second-order valence-electron chi connectivity index (χ2n) is 3.61. The molecule has 0 saturated carbocycles. The maximum absolute atomic E-state index is 11.9. The molecule has 5 heteroatoms. The summed E-state index contributed by atoms with van der Waals surface area (Å²) in [6.45, 7) is 0.556. The minimum absolute atomic E-state index is 0.0910. The first kappa shape index (κ1) is 13.1. The van der Waals surface area contributed by atoms with Gasteiger partial charge in [-0.15, -0.1) is 11.3 Å². The lowest BCUT2D eigenvalue weighted by atomic mass is 10.2. The van der Waals surface area contributed by atoms with Gasteiger partial charge in [0.15, 0.2) is 0 Å². The number of carbonyl (C=O) groups excluding carboxylic acids is 1. The molecule has 94 valence electrons. The third-order valence-electron chi connectivity index (χ3n) is 2.42. The predicted octanol–water partition coefficient (Wildman–Crippen LogP) is 3.45. The number of methoxy groups -OCH3 is 1. The van der Waals surface area contributed by atoms with Crippen LogP contribution in [0.1, 0.15) is 15.2 Å². The van der Waals surface area contributed by atoms with E-state index in [1.165, 1.54) is 0 Å². The Balaban J connectivity index is 2.02. The van der Waals surface area contributed by atoms with Crippen molar-refractivity contribution in [3.05, 3.63) is 50.6 Å². The zero-order valence-electron chi connectivity index (χ0n) is 9.77. The fourth-order valence-electron chi connectivity index (χ4n) is 1.49. The van der Waals surface area contributed by atoms with Gasteiger partial charge < -0.3 is 10.1 Å². The smallest absolute Gasteiger partial charge is 0.251 e. The SMILES string of the molecule is COc1ccc(C(=O)NCc2cccs2)cc1Br. The zero-order chi connectivity index (χ0) is 13.0. The fraction of sp³-hybridized carbons (Fsp3) is 0.154. The minimum Gasteiger partial charge on any atom is -0.496 e. The predicted molar refractivity (Wildman–Crippen MR) is 76.2 cm³/mol. The second-order valence-corrected chi connectivity index (χ2v) is 5.50. The summed E-state index contributed by atoms with van der Waals surface area (Å²) < 4.78 is 5.89. The molecular formula is C13H12BrNO2S. The molecule has 1 aromatic carbocycles. The monoisotopic (exact) mass is 325 g/mol. The van der Waals surface area contributed by atoms with E-state index in [1.54, 1.807) is 36.6 Å². The number of benzene rings is 1. The van der Waals surface area contributed by atoms with Crippen molar-refractivity contribution in [2.75, 3.05) is 7.11 Å². The third kappa shape index (κ3) is 3.11. The zero-order valence-corrected chi connectivity index (χ0v) is 12.2. The summed E-state index contributed by atoms with van der Waals surface area (Å²) in [6, 6.07) is 9.23. The lowest BCUT2D eigenvalue weighted by molar-refractivity contribution is 0.0951. The fourth-order valence-corrected chi connectivity index (χ4v) is 2.68. The van der Waals surface area contributed by atoms with Crippen LogP contribution in [0, 0.1) is 0 Å². The molecular weight excluding hydrogens is 314 g/mol. The summed E-state index contributed by atoms with van der Waals surface area (Å²) in [6.07, 6.45) is 0. The number of halogens is 1. The summed E-state index contributed by atoms with van der Waals surface area (Å²) in [5, 5.41) is 4.87. The maximum atomic E-state index is 11.9. The van der Waals surface area contributed by atoms with Gasteiger partial charge in [0.2, 0.25) is 0 Å². The van der Waals surface area contributed by atoms with Crippen molar-refractivity contribution in [2.24, 2.45) is 0 Å². The van der Waals surface area contributed by atoms with E-state index in [4.69, 9.17) is 4.74 Å². The van der Waals surface area contributed by atoms with E-state index in [9.17, 15) is 4.79 Å². The van der Waals surface area contributed by atoms with Crippen molar-refractivity contribution < 1.29 is 9.53 Å². The molecule has 0 aliphatic heterocycles. The Kier molecular flexibility index (Phi) is 4.38. The summed E-state index contributed by atoms with van der Waals surface area (Å²) >= 11 is 4.99. The molecule has 0 aliphatic rings. The molecule has 1 aromatic heterocycles. The topological polar surface area (TPSA) is 38.3 Å². The highest BCUT2D eigenvalue weighted by atomic mass is 79.9. The van der Waals surface area contributed by atoms with E-state index in [2.05, 4.69) is 21.2 Å². The average Bonchev–Trinajstić information content (AvgIpc) is 2.89. The van der Waals surface area contributed by atoms with Gasteiger partial charge in [0.25, 0.3) is 5.91 Å². The highest BCUT2D eigenvalue weighted by molar-refractivity contribution is 9.10. The molecule has 0 radical (unpaired) electrons. The van der Waals surface area contributed by atoms with Crippen LogP contribution >= 0.6 is 27.3 Å². The van der Waals surface area contributed by atoms with Gasteiger partial charge in [-0.05, 0) is 45.6 Å². The Hall–Kier alpha value is -1.33. The molecule has 1 amide bonds. The van der Waals surface area contributed by atoms with Crippen molar-refractivity contribution in [3.63, 3.8) is 0 Å². The van der Waals surface area contributed by atoms with Crippen molar-refractivity contribution >= 4 is 33.2 Å². The number of amides is 1. The normalized spacial score (nSPS) is 10.1. The number of nitrogens with one attached hydrogen (secondary N) is 1. The average molecular weight is 326 g/mol. The van der Waals surface area contributed by atoms with E-state index in [1.807, 2.05) is 17.5 Å². The maximum Gasteiger partial charge on any atom is 0.251 e. The summed E-state index contributed by atoms with van der Waals surface area (Å²) in [4.78, 5) is 13.1. The number of thiophene rings is 1. The van der Waals surface area contributed by atoms with Crippen molar-refractivity contribution in [2.45, 2.75) is 6.54 Å². The molecule has 0 bridgehead atoms. The first-order valence-corrected chi connectivity index (χ1v) is 7.02. The molecule has 0 unspecified atom stereocenters. The van der Waals surface area contributed by atoms with Gasteiger partial charge in [-0.25, -0.2) is 0 Å². The minimum atomic E-state index is -0.0910. The van der Waals surface area contributed by atoms with Crippen LogP contribution in [0.2, 0.25) is 0 Å². The van der Waals surface area contributed by atoms with E-state index in [-0.39, 0.29) is 5.91 Å². The largest absolute Gasteiger partial charge is 0.496 e. The van der Waals surface area contributed by atoms with Crippen molar-refractivity contribution in [1.29, 1.82) is 0 Å². The molecule has 1 heterocycles. The molecule has 0 saturated heterocycles. The van der Waals surface area contributed by atoms with Crippen LogP contribution in [-0.4, -0.2) is 13.0 Å². The first-order chi connectivity index (χ1) is 8.70.